The van der Waals surface area contributed by atoms with Crippen molar-refractivity contribution >= 4 is 5.91 Å². The van der Waals surface area contributed by atoms with Crippen LogP contribution in [0, 0.1) is 5.92 Å². The first-order chi connectivity index (χ1) is 7.63. The van der Waals surface area contributed by atoms with Gasteiger partial charge in [0.25, 0.3) is 0 Å². The predicted molar refractivity (Wildman–Crippen MR) is 66.3 cm³/mol. The van der Waals surface area contributed by atoms with Crippen LogP contribution in [0.5, 0.6) is 0 Å². The van der Waals surface area contributed by atoms with Crippen LogP contribution in [0.4, 0.5) is 0 Å². The van der Waals surface area contributed by atoms with Gasteiger partial charge in [-0.1, -0.05) is 13.0 Å². The van der Waals surface area contributed by atoms with Crippen molar-refractivity contribution in [1.29, 1.82) is 0 Å². The Labute approximate surface area is 98.1 Å². The van der Waals surface area contributed by atoms with Crippen molar-refractivity contribution in [3.8, 4) is 0 Å². The van der Waals surface area contributed by atoms with Gasteiger partial charge in [-0.15, -0.1) is 6.58 Å². The van der Waals surface area contributed by atoms with E-state index in [-0.39, 0.29) is 5.91 Å². The van der Waals surface area contributed by atoms with Gasteiger partial charge >= 0.3 is 0 Å². The van der Waals surface area contributed by atoms with Crippen LogP contribution in [0.3, 0.4) is 0 Å². The molecule has 0 aromatic heterocycles. The molecule has 1 rings (SSSR count). The quantitative estimate of drug-likeness (QED) is 0.658. The lowest BCUT2D eigenvalue weighted by Gasteiger charge is -2.35. The minimum Gasteiger partial charge on any atom is -0.352 e. The van der Waals surface area contributed by atoms with Gasteiger partial charge in [-0.25, -0.2) is 0 Å². The molecular formula is C12H23N3O. The number of likely N-dealkylation sites (tertiary alicyclic amines) is 1. The molecule has 4 heteroatoms. The van der Waals surface area contributed by atoms with Crippen LogP contribution in [0.2, 0.25) is 0 Å². The van der Waals surface area contributed by atoms with Crippen LogP contribution in [-0.2, 0) is 4.79 Å². The van der Waals surface area contributed by atoms with E-state index < -0.39 is 0 Å². The van der Waals surface area contributed by atoms with E-state index in [4.69, 9.17) is 0 Å². The first-order valence-corrected chi connectivity index (χ1v) is 5.93. The summed E-state index contributed by atoms with van der Waals surface area (Å²) in [6.45, 7) is 8.96. The van der Waals surface area contributed by atoms with Crippen molar-refractivity contribution < 1.29 is 4.79 Å². The van der Waals surface area contributed by atoms with Gasteiger partial charge in [0.1, 0.15) is 0 Å². The third-order valence-corrected chi connectivity index (χ3v) is 3.08. The molecular weight excluding hydrogens is 202 g/mol. The maximum absolute atomic E-state index is 11.4. The molecule has 2 N–H and O–H groups in total. The molecule has 0 aromatic rings. The molecule has 2 atom stereocenters. The summed E-state index contributed by atoms with van der Waals surface area (Å²) in [6.07, 6.45) is 2.81. The van der Waals surface area contributed by atoms with Gasteiger partial charge in [0.2, 0.25) is 5.91 Å². The zero-order valence-corrected chi connectivity index (χ0v) is 10.3. The Kier molecular flexibility index (Phi) is 5.49. The number of hydrogen-bond donors (Lipinski definition) is 2. The number of piperidine rings is 1. The third kappa shape index (κ3) is 4.33. The SMILES string of the molecule is C=CCNC(=O)CNC1CCN(C)CC1C. The Bertz CT molecular complexity index is 242. The summed E-state index contributed by atoms with van der Waals surface area (Å²) in [5.74, 6) is 0.650. The predicted octanol–water partition coefficient (Wildman–Crippen LogP) is 0.218. The topological polar surface area (TPSA) is 44.4 Å². The maximum atomic E-state index is 11.4. The summed E-state index contributed by atoms with van der Waals surface area (Å²) >= 11 is 0. The largest absolute Gasteiger partial charge is 0.352 e. The monoisotopic (exact) mass is 225 g/mol. The van der Waals surface area contributed by atoms with Gasteiger partial charge in [-0.2, -0.15) is 0 Å². The van der Waals surface area contributed by atoms with E-state index in [9.17, 15) is 4.79 Å². The van der Waals surface area contributed by atoms with E-state index in [1.807, 2.05) is 0 Å². The molecule has 1 fully saturated rings. The Balaban J connectivity index is 2.21. The van der Waals surface area contributed by atoms with Crippen LogP contribution >= 0.6 is 0 Å². The summed E-state index contributed by atoms with van der Waals surface area (Å²) < 4.78 is 0. The zero-order valence-electron chi connectivity index (χ0n) is 10.3. The number of nitrogens with one attached hydrogen (secondary N) is 2. The Morgan fingerprint density at radius 3 is 3.00 bits per heavy atom. The molecule has 1 amide bonds. The average molecular weight is 225 g/mol. The van der Waals surface area contributed by atoms with Crippen LogP contribution in [0.15, 0.2) is 12.7 Å². The Morgan fingerprint density at radius 2 is 2.38 bits per heavy atom. The summed E-state index contributed by atoms with van der Waals surface area (Å²) in [4.78, 5) is 13.7. The Morgan fingerprint density at radius 1 is 1.62 bits per heavy atom. The van der Waals surface area contributed by atoms with E-state index in [0.717, 1.165) is 19.5 Å². The van der Waals surface area contributed by atoms with Crippen molar-refractivity contribution in [3.63, 3.8) is 0 Å². The van der Waals surface area contributed by atoms with Gasteiger partial charge in [0.15, 0.2) is 0 Å². The molecule has 1 saturated heterocycles. The van der Waals surface area contributed by atoms with Crippen LogP contribution in [0.1, 0.15) is 13.3 Å². The highest BCUT2D eigenvalue weighted by Crippen LogP contribution is 2.14. The molecule has 4 nitrogen and oxygen atoms in total. The zero-order chi connectivity index (χ0) is 12.0. The highest BCUT2D eigenvalue weighted by Gasteiger charge is 2.23. The fourth-order valence-electron chi connectivity index (χ4n) is 2.13. The van der Waals surface area contributed by atoms with E-state index in [1.165, 1.54) is 0 Å². The summed E-state index contributed by atoms with van der Waals surface area (Å²) in [7, 11) is 2.14. The second-order valence-corrected chi connectivity index (χ2v) is 4.61. The lowest BCUT2D eigenvalue weighted by Crippen LogP contribution is -2.49. The third-order valence-electron chi connectivity index (χ3n) is 3.08. The van der Waals surface area contributed by atoms with E-state index in [2.05, 4.69) is 36.1 Å². The first-order valence-electron chi connectivity index (χ1n) is 5.93. The van der Waals surface area contributed by atoms with Gasteiger partial charge in [0, 0.05) is 19.1 Å². The molecule has 2 unspecified atom stereocenters. The standard InChI is InChI=1S/C12H23N3O/c1-4-6-13-12(16)8-14-11-5-7-15(3)9-10(11)2/h4,10-11,14H,1,5-9H2,2-3H3,(H,13,16). The van der Waals surface area contributed by atoms with Gasteiger partial charge in [-0.3, -0.25) is 4.79 Å². The van der Waals surface area contributed by atoms with Crippen molar-refractivity contribution in [3.05, 3.63) is 12.7 Å². The highest BCUT2D eigenvalue weighted by molar-refractivity contribution is 5.78. The molecule has 1 aliphatic rings. The molecule has 0 spiro atoms. The Hall–Kier alpha value is -0.870. The first kappa shape index (κ1) is 13.2. The van der Waals surface area contributed by atoms with Gasteiger partial charge in [-0.05, 0) is 25.9 Å². The summed E-state index contributed by atoms with van der Waals surface area (Å²) in [5, 5.41) is 6.09. The maximum Gasteiger partial charge on any atom is 0.234 e. The highest BCUT2D eigenvalue weighted by atomic mass is 16.1. The molecule has 0 aromatic carbocycles. The average Bonchev–Trinajstić information content (AvgIpc) is 2.25. The number of carbonyl (C=O) groups excluding carboxylic acids is 1. The fraction of sp³-hybridized carbons (Fsp3) is 0.750. The van der Waals surface area contributed by atoms with Crippen molar-refractivity contribution in [2.24, 2.45) is 5.92 Å². The molecule has 1 aliphatic heterocycles. The lowest BCUT2D eigenvalue weighted by molar-refractivity contribution is -0.120. The van der Waals surface area contributed by atoms with Crippen LogP contribution < -0.4 is 10.6 Å². The van der Waals surface area contributed by atoms with Crippen molar-refractivity contribution in [1.82, 2.24) is 15.5 Å². The van der Waals surface area contributed by atoms with E-state index in [0.29, 0.717) is 25.0 Å². The molecule has 0 radical (unpaired) electrons. The van der Waals surface area contributed by atoms with Gasteiger partial charge in [0.05, 0.1) is 6.54 Å². The van der Waals surface area contributed by atoms with Crippen molar-refractivity contribution in [2.45, 2.75) is 19.4 Å². The molecule has 0 bridgehead atoms. The summed E-state index contributed by atoms with van der Waals surface area (Å²) in [6, 6.07) is 0.464. The number of carbonyl (C=O) groups is 1. The van der Waals surface area contributed by atoms with Crippen LogP contribution in [-0.4, -0.2) is 50.1 Å². The molecule has 92 valence electrons. The van der Waals surface area contributed by atoms with Gasteiger partial charge < -0.3 is 15.5 Å². The minimum absolute atomic E-state index is 0.0472. The second kappa shape index (κ2) is 6.66. The minimum atomic E-state index is 0.0472. The van der Waals surface area contributed by atoms with E-state index in [1.54, 1.807) is 6.08 Å². The van der Waals surface area contributed by atoms with E-state index >= 15 is 0 Å². The number of amides is 1. The van der Waals surface area contributed by atoms with Crippen molar-refractivity contribution in [2.75, 3.05) is 33.2 Å². The van der Waals surface area contributed by atoms with Crippen LogP contribution in [0.25, 0.3) is 0 Å². The molecule has 16 heavy (non-hydrogen) atoms. The lowest BCUT2D eigenvalue weighted by atomic mass is 9.94. The number of rotatable bonds is 5. The second-order valence-electron chi connectivity index (χ2n) is 4.61. The molecule has 0 aliphatic carbocycles. The number of nitrogens with zero attached hydrogens (tertiary/aromatic N) is 1. The smallest absolute Gasteiger partial charge is 0.234 e. The normalized spacial score (nSPS) is 26.4. The molecule has 0 saturated carbocycles. The summed E-state index contributed by atoms with van der Waals surface area (Å²) in [5.41, 5.74) is 0. The fourth-order valence-corrected chi connectivity index (χ4v) is 2.13. The number of hydrogen-bond acceptors (Lipinski definition) is 3. The molecule has 1 heterocycles.